The van der Waals surface area contributed by atoms with Gasteiger partial charge in [0, 0.05) is 18.5 Å². The highest BCUT2D eigenvalue weighted by Gasteiger charge is 2.33. The van der Waals surface area contributed by atoms with Gasteiger partial charge in [-0.2, -0.15) is 13.2 Å². The average Bonchev–Trinajstić information content (AvgIpc) is 2.64. The van der Waals surface area contributed by atoms with E-state index in [0.29, 0.717) is 23.9 Å². The van der Waals surface area contributed by atoms with Crippen LogP contribution < -0.4 is 10.9 Å². The third-order valence-electron chi connectivity index (χ3n) is 2.95. The summed E-state index contributed by atoms with van der Waals surface area (Å²) in [4.78, 5) is 40.7. The minimum Gasteiger partial charge on any atom is -0.272 e. The fraction of sp³-hybridized carbons (Fsp3) is 0.143. The van der Waals surface area contributed by atoms with Crippen molar-refractivity contribution in [2.45, 2.75) is 11.1 Å². The van der Waals surface area contributed by atoms with Gasteiger partial charge < -0.3 is 0 Å². The first kappa shape index (κ1) is 20.1. The van der Waals surface area contributed by atoms with Crippen molar-refractivity contribution in [2.24, 2.45) is 0 Å². The Bertz CT molecular complexity index is 864. The fourth-order valence-corrected chi connectivity index (χ4v) is 2.55. The summed E-state index contributed by atoms with van der Waals surface area (Å²) in [6.07, 6.45) is -0.933. The van der Waals surface area contributed by atoms with Crippen molar-refractivity contribution in [1.29, 1.82) is 0 Å². The SMILES string of the molecule is O=C(CSc1ccc(C(F)(F)F)cc1[N+](=O)[O-])NNC(=O)c1cnccn1. The highest BCUT2D eigenvalue weighted by molar-refractivity contribution is 8.00. The lowest BCUT2D eigenvalue weighted by Gasteiger charge is -2.09. The number of carbonyl (C=O) groups is 2. The standard InChI is InChI=1S/C14H10F3N5O4S/c15-14(16,17)8-1-2-11(10(5-8)22(25)26)27-7-12(23)20-21-13(24)9-6-18-3-4-19-9/h1-6H,7H2,(H,20,23)(H,21,24). The number of halogens is 3. The third kappa shape index (κ3) is 5.64. The number of alkyl halides is 3. The van der Waals surface area contributed by atoms with Crippen molar-refractivity contribution >= 4 is 29.3 Å². The third-order valence-corrected chi connectivity index (χ3v) is 4.02. The summed E-state index contributed by atoms with van der Waals surface area (Å²) in [7, 11) is 0. The minimum absolute atomic E-state index is 0.0520. The Morgan fingerprint density at radius 2 is 1.96 bits per heavy atom. The quantitative estimate of drug-likeness (QED) is 0.445. The zero-order valence-corrected chi connectivity index (χ0v) is 14.0. The molecule has 0 spiro atoms. The molecule has 1 heterocycles. The van der Waals surface area contributed by atoms with E-state index in [9.17, 15) is 32.9 Å². The number of aromatic nitrogens is 2. The van der Waals surface area contributed by atoms with E-state index in [1.807, 2.05) is 0 Å². The number of amides is 2. The molecule has 0 unspecified atom stereocenters. The molecule has 2 N–H and O–H groups in total. The van der Waals surface area contributed by atoms with Crippen LogP contribution in [-0.2, 0) is 11.0 Å². The highest BCUT2D eigenvalue weighted by atomic mass is 32.2. The summed E-state index contributed by atoms with van der Waals surface area (Å²) < 4.78 is 37.9. The van der Waals surface area contributed by atoms with Crippen LogP contribution in [0.4, 0.5) is 18.9 Å². The van der Waals surface area contributed by atoms with E-state index in [1.54, 1.807) is 0 Å². The van der Waals surface area contributed by atoms with Crippen LogP contribution in [0.1, 0.15) is 16.1 Å². The molecule has 0 saturated heterocycles. The molecule has 13 heteroatoms. The second-order valence-electron chi connectivity index (χ2n) is 4.82. The molecule has 0 fully saturated rings. The van der Waals surface area contributed by atoms with E-state index < -0.39 is 34.2 Å². The van der Waals surface area contributed by atoms with Gasteiger partial charge in [0.25, 0.3) is 11.6 Å². The van der Waals surface area contributed by atoms with Crippen LogP contribution in [0, 0.1) is 10.1 Å². The number of hydrogen-bond acceptors (Lipinski definition) is 7. The first-order valence-corrected chi connectivity index (χ1v) is 8.00. The fourth-order valence-electron chi connectivity index (χ4n) is 1.74. The van der Waals surface area contributed by atoms with Crippen molar-refractivity contribution in [3.05, 3.63) is 58.2 Å². The Labute approximate surface area is 153 Å². The Kier molecular flexibility index (Phi) is 6.28. The van der Waals surface area contributed by atoms with E-state index in [0.717, 1.165) is 6.07 Å². The molecular formula is C14H10F3N5O4S. The maximum atomic E-state index is 12.6. The van der Waals surface area contributed by atoms with Gasteiger partial charge >= 0.3 is 6.18 Å². The number of carbonyl (C=O) groups excluding carboxylic acids is 2. The number of nitro groups is 1. The topological polar surface area (TPSA) is 127 Å². The molecule has 142 valence electrons. The number of thioether (sulfide) groups is 1. The maximum absolute atomic E-state index is 12.6. The van der Waals surface area contributed by atoms with Gasteiger partial charge in [0.15, 0.2) is 0 Å². The lowest BCUT2D eigenvalue weighted by atomic mass is 10.2. The molecule has 0 aliphatic heterocycles. The molecule has 0 aliphatic rings. The smallest absolute Gasteiger partial charge is 0.272 e. The number of nitrogens with zero attached hydrogens (tertiary/aromatic N) is 3. The first-order chi connectivity index (χ1) is 12.7. The Balaban J connectivity index is 1.96. The van der Waals surface area contributed by atoms with Gasteiger partial charge in [-0.25, -0.2) is 4.98 Å². The lowest BCUT2D eigenvalue weighted by Crippen LogP contribution is -2.42. The Morgan fingerprint density at radius 1 is 1.22 bits per heavy atom. The molecule has 27 heavy (non-hydrogen) atoms. The molecule has 0 bridgehead atoms. The number of hydrogen-bond donors (Lipinski definition) is 2. The number of hydrazine groups is 1. The molecule has 1 aromatic heterocycles. The van der Waals surface area contributed by atoms with Crippen LogP contribution in [0.5, 0.6) is 0 Å². The van der Waals surface area contributed by atoms with Crippen molar-refractivity contribution < 1.29 is 27.7 Å². The van der Waals surface area contributed by atoms with E-state index in [4.69, 9.17) is 0 Å². The van der Waals surface area contributed by atoms with Crippen LogP contribution in [0.3, 0.4) is 0 Å². The number of nitro benzene ring substituents is 1. The average molecular weight is 401 g/mol. The summed E-state index contributed by atoms with van der Waals surface area (Å²) >= 11 is 0.650. The van der Waals surface area contributed by atoms with Crippen molar-refractivity contribution in [3.63, 3.8) is 0 Å². The summed E-state index contributed by atoms with van der Waals surface area (Å²) in [5.41, 5.74) is 2.13. The van der Waals surface area contributed by atoms with Crippen LogP contribution in [0.2, 0.25) is 0 Å². The molecule has 2 amide bonds. The van der Waals surface area contributed by atoms with Gasteiger partial charge in [-0.05, 0) is 12.1 Å². The second kappa shape index (κ2) is 8.44. The lowest BCUT2D eigenvalue weighted by molar-refractivity contribution is -0.388. The van der Waals surface area contributed by atoms with Crippen molar-refractivity contribution in [1.82, 2.24) is 20.8 Å². The van der Waals surface area contributed by atoms with Crippen LogP contribution in [0.25, 0.3) is 0 Å². The first-order valence-electron chi connectivity index (χ1n) is 7.02. The Morgan fingerprint density at radius 3 is 2.56 bits per heavy atom. The summed E-state index contributed by atoms with van der Waals surface area (Å²) in [6, 6.07) is 2.00. The zero-order valence-electron chi connectivity index (χ0n) is 13.2. The predicted octanol–water partition coefficient (Wildman–Crippen LogP) is 1.96. The van der Waals surface area contributed by atoms with Gasteiger partial charge in [0.2, 0.25) is 5.91 Å². The van der Waals surface area contributed by atoms with E-state index in [-0.39, 0.29) is 16.3 Å². The predicted molar refractivity (Wildman–Crippen MR) is 86.5 cm³/mol. The van der Waals surface area contributed by atoms with Gasteiger partial charge in [-0.15, -0.1) is 11.8 Å². The Hall–Kier alpha value is -3.22. The van der Waals surface area contributed by atoms with Gasteiger partial charge in [0.1, 0.15) is 5.69 Å². The minimum atomic E-state index is -4.73. The summed E-state index contributed by atoms with van der Waals surface area (Å²) in [5.74, 6) is -1.85. The molecule has 0 radical (unpaired) electrons. The van der Waals surface area contributed by atoms with Crippen LogP contribution >= 0.6 is 11.8 Å². The van der Waals surface area contributed by atoms with Gasteiger partial charge in [-0.3, -0.25) is 35.5 Å². The van der Waals surface area contributed by atoms with E-state index in [1.165, 1.54) is 18.6 Å². The largest absolute Gasteiger partial charge is 0.416 e. The second-order valence-corrected chi connectivity index (χ2v) is 5.84. The van der Waals surface area contributed by atoms with Crippen molar-refractivity contribution in [2.75, 3.05) is 5.75 Å². The number of nitrogens with one attached hydrogen (secondary N) is 2. The molecule has 0 aliphatic carbocycles. The summed E-state index contributed by atoms with van der Waals surface area (Å²) in [6.45, 7) is 0. The molecule has 0 atom stereocenters. The van der Waals surface area contributed by atoms with Gasteiger partial charge in [-0.1, -0.05) is 0 Å². The molecule has 2 aromatic rings. The molecule has 2 rings (SSSR count). The molecule has 9 nitrogen and oxygen atoms in total. The normalized spacial score (nSPS) is 10.9. The number of benzene rings is 1. The van der Waals surface area contributed by atoms with Crippen LogP contribution in [-0.4, -0.2) is 32.5 Å². The summed E-state index contributed by atoms with van der Waals surface area (Å²) in [5, 5.41) is 11.0. The maximum Gasteiger partial charge on any atom is 0.416 e. The van der Waals surface area contributed by atoms with E-state index in [2.05, 4.69) is 20.8 Å². The highest BCUT2D eigenvalue weighted by Crippen LogP contribution is 2.36. The molecular weight excluding hydrogens is 391 g/mol. The molecule has 1 aromatic carbocycles. The number of rotatable bonds is 5. The van der Waals surface area contributed by atoms with Crippen molar-refractivity contribution in [3.8, 4) is 0 Å². The van der Waals surface area contributed by atoms with E-state index >= 15 is 0 Å². The van der Waals surface area contributed by atoms with Crippen LogP contribution in [0.15, 0.2) is 41.7 Å². The molecule has 0 saturated carbocycles. The van der Waals surface area contributed by atoms with Gasteiger partial charge in [0.05, 0.1) is 27.3 Å². The zero-order chi connectivity index (χ0) is 20.0. The monoisotopic (exact) mass is 401 g/mol.